The molecule has 0 aliphatic heterocycles. The summed E-state index contributed by atoms with van der Waals surface area (Å²) in [6, 6.07) is 4.19. The van der Waals surface area contributed by atoms with Crippen molar-refractivity contribution in [3.05, 3.63) is 29.6 Å². The van der Waals surface area contributed by atoms with E-state index in [0.717, 1.165) is 19.4 Å². The van der Waals surface area contributed by atoms with Gasteiger partial charge in [0, 0.05) is 18.1 Å². The average molecular weight is 314 g/mol. The maximum Gasteiger partial charge on any atom is 0.124 e. The van der Waals surface area contributed by atoms with Gasteiger partial charge in [-0.3, -0.25) is 0 Å². The molecule has 0 bridgehead atoms. The van der Waals surface area contributed by atoms with E-state index in [1.807, 2.05) is 6.92 Å². The second-order valence-electron chi connectivity index (χ2n) is 5.42. The number of hydrogen-bond acceptors (Lipinski definition) is 4. The van der Waals surface area contributed by atoms with E-state index in [0.29, 0.717) is 24.5 Å². The molecule has 22 heavy (non-hydrogen) atoms. The molecule has 0 heterocycles. The van der Waals surface area contributed by atoms with Gasteiger partial charge in [0.25, 0.3) is 0 Å². The van der Waals surface area contributed by atoms with Crippen LogP contribution in [-0.4, -0.2) is 38.6 Å². The number of unbranched alkanes of at least 4 members (excludes halogenated alkanes) is 1. The van der Waals surface area contributed by atoms with Gasteiger partial charge >= 0.3 is 0 Å². The summed E-state index contributed by atoms with van der Waals surface area (Å²) in [6.07, 6.45) is 1.55. The van der Waals surface area contributed by atoms with Gasteiger partial charge in [0.15, 0.2) is 0 Å². The van der Waals surface area contributed by atoms with E-state index < -0.39 is 6.10 Å². The number of aliphatic hydroxyl groups is 1. The first-order chi connectivity index (χ1) is 10.6. The quantitative estimate of drug-likeness (QED) is 0.636. The Labute approximate surface area is 132 Å². The number of halogens is 1. The lowest BCUT2D eigenvalue weighted by Gasteiger charge is -2.21. The summed E-state index contributed by atoms with van der Waals surface area (Å²) >= 11 is 0. The first-order valence-corrected chi connectivity index (χ1v) is 7.76. The maximum absolute atomic E-state index is 13.4. The third-order valence-electron chi connectivity index (χ3n) is 3.33. The number of benzene rings is 1. The number of rotatable bonds is 11. The normalized spacial score (nSPS) is 13.9. The van der Waals surface area contributed by atoms with Crippen molar-refractivity contribution in [3.8, 4) is 5.75 Å². The lowest BCUT2D eigenvalue weighted by atomic mass is 10.1. The van der Waals surface area contributed by atoms with E-state index in [-0.39, 0.29) is 18.3 Å². The number of aliphatic hydroxyl groups excluding tert-OH is 1. The lowest BCUT2D eigenvalue weighted by Crippen LogP contribution is -2.18. The molecule has 0 fully saturated rings. The Hall–Kier alpha value is -1.17. The fourth-order valence-electron chi connectivity index (χ4n) is 2.06. The zero-order chi connectivity index (χ0) is 16.4. The van der Waals surface area contributed by atoms with Gasteiger partial charge in [0.05, 0.1) is 26.9 Å². The van der Waals surface area contributed by atoms with E-state index in [1.54, 1.807) is 0 Å². The van der Waals surface area contributed by atoms with Crippen LogP contribution < -0.4 is 4.74 Å². The second-order valence-corrected chi connectivity index (χ2v) is 5.42. The lowest BCUT2D eigenvalue weighted by molar-refractivity contribution is -0.0219. The van der Waals surface area contributed by atoms with Crippen molar-refractivity contribution in [2.75, 3.05) is 33.5 Å². The molecule has 1 N–H and O–H groups in total. The van der Waals surface area contributed by atoms with E-state index in [9.17, 15) is 9.50 Å². The highest BCUT2D eigenvalue weighted by Crippen LogP contribution is 2.28. The zero-order valence-electron chi connectivity index (χ0n) is 13.7. The van der Waals surface area contributed by atoms with Gasteiger partial charge in [-0.05, 0) is 24.6 Å². The summed E-state index contributed by atoms with van der Waals surface area (Å²) in [5, 5.41) is 9.51. The summed E-state index contributed by atoms with van der Waals surface area (Å²) in [4.78, 5) is 0. The molecule has 5 heteroatoms. The van der Waals surface area contributed by atoms with Crippen LogP contribution in [0.25, 0.3) is 0 Å². The molecule has 0 aliphatic carbocycles. The summed E-state index contributed by atoms with van der Waals surface area (Å²) in [7, 11) is 1.51. The Balaban J connectivity index is 2.53. The van der Waals surface area contributed by atoms with Crippen LogP contribution in [0.5, 0.6) is 5.75 Å². The molecular weight excluding hydrogens is 287 g/mol. The standard InChI is InChI=1S/C17H27FO4/c1-4-5-8-21-11-13(2)12-22-17(10-19)15-9-14(18)6-7-16(15)20-3/h6-7,9,13,17,19H,4-5,8,10-12H2,1-3H3/t13?,17-/m0/s1. The van der Waals surface area contributed by atoms with Gasteiger partial charge in [0.2, 0.25) is 0 Å². The molecule has 0 radical (unpaired) electrons. The van der Waals surface area contributed by atoms with Crippen molar-refractivity contribution >= 4 is 0 Å². The molecular formula is C17H27FO4. The van der Waals surface area contributed by atoms with E-state index >= 15 is 0 Å². The Morgan fingerprint density at radius 3 is 2.68 bits per heavy atom. The van der Waals surface area contributed by atoms with E-state index in [4.69, 9.17) is 14.2 Å². The molecule has 1 rings (SSSR count). The molecule has 0 saturated heterocycles. The predicted octanol–water partition coefficient (Wildman–Crippen LogP) is 3.34. The Morgan fingerprint density at radius 2 is 2.05 bits per heavy atom. The number of ether oxygens (including phenoxy) is 3. The van der Waals surface area contributed by atoms with Crippen molar-refractivity contribution in [1.29, 1.82) is 0 Å². The first-order valence-electron chi connectivity index (χ1n) is 7.76. The fourth-order valence-corrected chi connectivity index (χ4v) is 2.06. The Kier molecular flexibility index (Phi) is 9.04. The molecule has 0 aromatic heterocycles. The third kappa shape index (κ3) is 6.30. The largest absolute Gasteiger partial charge is 0.496 e. The molecule has 0 amide bonds. The minimum atomic E-state index is -0.608. The Morgan fingerprint density at radius 1 is 1.27 bits per heavy atom. The van der Waals surface area contributed by atoms with Crippen molar-refractivity contribution in [1.82, 2.24) is 0 Å². The topological polar surface area (TPSA) is 47.9 Å². The van der Waals surface area contributed by atoms with Crippen molar-refractivity contribution in [2.24, 2.45) is 5.92 Å². The summed E-state index contributed by atoms with van der Waals surface area (Å²) in [5.41, 5.74) is 0.518. The van der Waals surface area contributed by atoms with Crippen molar-refractivity contribution < 1.29 is 23.7 Å². The molecule has 4 nitrogen and oxygen atoms in total. The average Bonchev–Trinajstić information content (AvgIpc) is 2.52. The number of methoxy groups -OCH3 is 1. The molecule has 126 valence electrons. The van der Waals surface area contributed by atoms with E-state index in [2.05, 4.69) is 6.92 Å². The molecule has 1 aromatic rings. The maximum atomic E-state index is 13.4. The van der Waals surface area contributed by atoms with Crippen LogP contribution in [0.1, 0.15) is 38.4 Å². The smallest absolute Gasteiger partial charge is 0.124 e. The summed E-state index contributed by atoms with van der Waals surface area (Å²) in [5.74, 6) is 0.326. The van der Waals surface area contributed by atoms with Gasteiger partial charge in [-0.1, -0.05) is 20.3 Å². The zero-order valence-corrected chi connectivity index (χ0v) is 13.7. The van der Waals surface area contributed by atoms with Gasteiger partial charge in [-0.25, -0.2) is 4.39 Å². The van der Waals surface area contributed by atoms with Crippen LogP contribution >= 0.6 is 0 Å². The summed E-state index contributed by atoms with van der Waals surface area (Å²) in [6.45, 7) is 5.69. The highest BCUT2D eigenvalue weighted by Gasteiger charge is 2.18. The highest BCUT2D eigenvalue weighted by molar-refractivity contribution is 5.35. The number of hydrogen-bond donors (Lipinski definition) is 1. The molecule has 0 saturated carbocycles. The van der Waals surface area contributed by atoms with Crippen LogP contribution in [-0.2, 0) is 9.47 Å². The monoisotopic (exact) mass is 314 g/mol. The summed E-state index contributed by atoms with van der Waals surface area (Å²) < 4.78 is 29.9. The van der Waals surface area contributed by atoms with Crippen molar-refractivity contribution in [2.45, 2.75) is 32.8 Å². The van der Waals surface area contributed by atoms with E-state index in [1.165, 1.54) is 25.3 Å². The molecule has 1 aromatic carbocycles. The third-order valence-corrected chi connectivity index (χ3v) is 3.33. The van der Waals surface area contributed by atoms with Gasteiger partial charge in [0.1, 0.15) is 17.7 Å². The van der Waals surface area contributed by atoms with Crippen molar-refractivity contribution in [3.63, 3.8) is 0 Å². The van der Waals surface area contributed by atoms with Crippen LogP contribution in [0.2, 0.25) is 0 Å². The van der Waals surface area contributed by atoms with Gasteiger partial charge in [-0.15, -0.1) is 0 Å². The SMILES string of the molecule is CCCCOCC(C)CO[C@@H](CO)c1cc(F)ccc1OC. The molecule has 0 spiro atoms. The molecule has 1 unspecified atom stereocenters. The molecule has 0 aliphatic rings. The van der Waals surface area contributed by atoms with Gasteiger partial charge < -0.3 is 19.3 Å². The van der Waals surface area contributed by atoms with Crippen LogP contribution in [0.3, 0.4) is 0 Å². The first kappa shape index (κ1) is 18.9. The minimum Gasteiger partial charge on any atom is -0.496 e. The minimum absolute atomic E-state index is 0.200. The Bertz CT molecular complexity index is 425. The van der Waals surface area contributed by atoms with Crippen LogP contribution in [0.4, 0.5) is 4.39 Å². The highest BCUT2D eigenvalue weighted by atomic mass is 19.1. The predicted molar refractivity (Wildman–Crippen MR) is 83.6 cm³/mol. The molecule has 2 atom stereocenters. The fraction of sp³-hybridized carbons (Fsp3) is 0.647. The van der Waals surface area contributed by atoms with Gasteiger partial charge in [-0.2, -0.15) is 0 Å². The van der Waals surface area contributed by atoms with Crippen LogP contribution in [0.15, 0.2) is 18.2 Å². The van der Waals surface area contributed by atoms with Crippen LogP contribution in [0, 0.1) is 11.7 Å². The second kappa shape index (κ2) is 10.5.